The van der Waals surface area contributed by atoms with Crippen LogP contribution >= 0.6 is 0 Å². The number of aryl methyl sites for hydroxylation is 1. The van der Waals surface area contributed by atoms with Crippen LogP contribution in [0.15, 0.2) is 71.7 Å². The molecule has 0 unspecified atom stereocenters. The number of hydrogen-bond acceptors (Lipinski definition) is 4. The summed E-state index contributed by atoms with van der Waals surface area (Å²) in [5.74, 6) is -0.601. The van der Waals surface area contributed by atoms with Crippen molar-refractivity contribution in [2.75, 3.05) is 5.32 Å². The molecule has 3 rings (SSSR count). The molecule has 3 aromatic rings. The Kier molecular flexibility index (Phi) is 5.33. The van der Waals surface area contributed by atoms with Gasteiger partial charge in [0.05, 0.1) is 11.3 Å². The van der Waals surface area contributed by atoms with Gasteiger partial charge in [-0.3, -0.25) is 9.59 Å². The van der Waals surface area contributed by atoms with E-state index in [9.17, 15) is 9.59 Å². The average molecular weight is 359 g/mol. The fraction of sp³-hybridized carbons (Fsp3) is 0.0952. The van der Waals surface area contributed by atoms with Gasteiger partial charge in [-0.05, 0) is 36.8 Å². The smallest absolute Gasteiger partial charge is 0.295 e. The Morgan fingerprint density at radius 1 is 1.15 bits per heavy atom. The molecule has 27 heavy (non-hydrogen) atoms. The number of aromatic nitrogens is 1. The highest BCUT2D eigenvalue weighted by Gasteiger charge is 2.14. The van der Waals surface area contributed by atoms with Crippen LogP contribution in [-0.4, -0.2) is 10.6 Å². The summed E-state index contributed by atoms with van der Waals surface area (Å²) in [6.07, 6.45) is 1.46. The summed E-state index contributed by atoms with van der Waals surface area (Å²) in [7, 11) is 0. The van der Waals surface area contributed by atoms with Crippen LogP contribution in [0.1, 0.15) is 27.0 Å². The van der Waals surface area contributed by atoms with Crippen LogP contribution in [0.25, 0.3) is 0 Å². The Morgan fingerprint density at radius 2 is 1.96 bits per heavy atom. The second-order valence-electron chi connectivity index (χ2n) is 5.93. The highest BCUT2D eigenvalue weighted by molar-refractivity contribution is 6.04. The van der Waals surface area contributed by atoms with Crippen LogP contribution < -0.4 is 15.7 Å². The van der Waals surface area contributed by atoms with E-state index in [0.717, 1.165) is 15.9 Å². The van der Waals surface area contributed by atoms with Crippen molar-refractivity contribution in [2.45, 2.75) is 13.5 Å². The molecular weight excluding hydrogens is 342 g/mol. The van der Waals surface area contributed by atoms with Gasteiger partial charge < -0.3 is 10.2 Å². The molecule has 1 amide bonds. The number of hydrogen-bond donors (Lipinski definition) is 1. The number of benzene rings is 2. The third-order valence-corrected chi connectivity index (χ3v) is 3.91. The third-order valence-electron chi connectivity index (χ3n) is 3.91. The first-order valence-corrected chi connectivity index (χ1v) is 8.29. The minimum atomic E-state index is -0.601. The fourth-order valence-corrected chi connectivity index (χ4v) is 2.57. The van der Waals surface area contributed by atoms with E-state index in [-0.39, 0.29) is 12.2 Å². The van der Waals surface area contributed by atoms with Gasteiger partial charge in [-0.15, -0.1) is 0 Å². The Hall–Kier alpha value is -3.85. The molecule has 0 aliphatic rings. The predicted octanol–water partition coefficient (Wildman–Crippen LogP) is 2.91. The van der Waals surface area contributed by atoms with Gasteiger partial charge in [0.2, 0.25) is 0 Å². The third kappa shape index (κ3) is 4.22. The number of rotatable bonds is 5. The van der Waals surface area contributed by atoms with Crippen molar-refractivity contribution in [3.05, 3.63) is 99.5 Å². The molecule has 0 spiro atoms. The molecule has 6 heteroatoms. The molecule has 0 atom stereocenters. The number of nitrogens with one attached hydrogen (secondary N) is 1. The molecule has 0 aliphatic carbocycles. The zero-order chi connectivity index (χ0) is 19.2. The Bertz CT molecular complexity index is 1080. The van der Waals surface area contributed by atoms with Gasteiger partial charge in [-0.25, -0.2) is 0 Å². The van der Waals surface area contributed by atoms with E-state index in [0.29, 0.717) is 11.3 Å². The second-order valence-corrected chi connectivity index (χ2v) is 5.93. The minimum Gasteiger partial charge on any atom is -0.406 e. The maximum atomic E-state index is 12.6. The van der Waals surface area contributed by atoms with Crippen molar-refractivity contribution in [1.82, 2.24) is 4.73 Å². The van der Waals surface area contributed by atoms with Gasteiger partial charge in [0.25, 0.3) is 11.5 Å². The number of anilines is 1. The summed E-state index contributed by atoms with van der Waals surface area (Å²) in [6, 6.07) is 19.3. The maximum absolute atomic E-state index is 12.6. The molecule has 0 fully saturated rings. The summed E-state index contributed by atoms with van der Waals surface area (Å²) >= 11 is 0. The lowest BCUT2D eigenvalue weighted by Crippen LogP contribution is -2.32. The highest BCUT2D eigenvalue weighted by Crippen LogP contribution is 2.14. The summed E-state index contributed by atoms with van der Waals surface area (Å²) in [6.45, 7) is 2.17. The Labute approximate surface area is 156 Å². The largest absolute Gasteiger partial charge is 0.406 e. The molecule has 2 aromatic carbocycles. The van der Waals surface area contributed by atoms with Crippen LogP contribution in [0, 0.1) is 18.3 Å². The van der Waals surface area contributed by atoms with Crippen molar-refractivity contribution in [2.24, 2.45) is 0 Å². The molecule has 0 bridgehead atoms. The molecule has 0 aliphatic heterocycles. The number of nitrogens with zero attached hydrogens (tertiary/aromatic N) is 2. The van der Waals surface area contributed by atoms with Gasteiger partial charge in [0.15, 0.2) is 0 Å². The van der Waals surface area contributed by atoms with E-state index < -0.39 is 11.5 Å². The van der Waals surface area contributed by atoms with Gasteiger partial charge in [-0.1, -0.05) is 42.0 Å². The summed E-state index contributed by atoms with van der Waals surface area (Å²) in [5, 5.41) is 11.7. The van der Waals surface area contributed by atoms with Crippen LogP contribution in [0.4, 0.5) is 5.69 Å². The SMILES string of the molecule is Cc1cccc(COn2cccc(C(=O)Nc3ccccc3C#N)c2=O)c1. The topological polar surface area (TPSA) is 84.1 Å². The van der Waals surface area contributed by atoms with Crippen LogP contribution in [0.2, 0.25) is 0 Å². The first-order valence-electron chi connectivity index (χ1n) is 8.29. The average Bonchev–Trinajstić information content (AvgIpc) is 2.67. The zero-order valence-corrected chi connectivity index (χ0v) is 14.7. The predicted molar refractivity (Wildman–Crippen MR) is 101 cm³/mol. The van der Waals surface area contributed by atoms with E-state index in [1.165, 1.54) is 12.3 Å². The normalized spacial score (nSPS) is 10.1. The molecule has 1 heterocycles. The van der Waals surface area contributed by atoms with E-state index >= 15 is 0 Å². The van der Waals surface area contributed by atoms with Crippen molar-refractivity contribution in [3.8, 4) is 6.07 Å². The molecule has 6 nitrogen and oxygen atoms in total. The molecule has 1 N–H and O–H groups in total. The summed E-state index contributed by atoms with van der Waals surface area (Å²) in [4.78, 5) is 30.6. The minimum absolute atomic E-state index is 0.0746. The lowest BCUT2D eigenvalue weighted by Gasteiger charge is -2.11. The number of nitriles is 1. The lowest BCUT2D eigenvalue weighted by molar-refractivity contribution is 0.0863. The van der Waals surface area contributed by atoms with Crippen molar-refractivity contribution in [3.63, 3.8) is 0 Å². The number of pyridine rings is 1. The fourth-order valence-electron chi connectivity index (χ4n) is 2.57. The van der Waals surface area contributed by atoms with E-state index in [1.807, 2.05) is 37.3 Å². The lowest BCUT2D eigenvalue weighted by atomic mass is 10.1. The van der Waals surface area contributed by atoms with Gasteiger partial charge in [-0.2, -0.15) is 9.99 Å². The number of para-hydroxylation sites is 1. The molecule has 0 saturated carbocycles. The van der Waals surface area contributed by atoms with Gasteiger partial charge in [0.1, 0.15) is 18.2 Å². The first-order chi connectivity index (χ1) is 13.1. The number of amides is 1. The standard InChI is InChI=1S/C21H17N3O3/c1-15-6-4-7-16(12-15)14-27-24-11-5-9-18(21(24)26)20(25)23-19-10-3-2-8-17(19)13-22/h2-12H,14H2,1H3,(H,23,25). The van der Waals surface area contributed by atoms with Crippen molar-refractivity contribution >= 4 is 11.6 Å². The summed E-state index contributed by atoms with van der Waals surface area (Å²) < 4.78 is 1.04. The second kappa shape index (κ2) is 8.02. The first kappa shape index (κ1) is 18.0. The zero-order valence-electron chi connectivity index (χ0n) is 14.7. The Morgan fingerprint density at radius 3 is 2.74 bits per heavy atom. The molecular formula is C21H17N3O3. The van der Waals surface area contributed by atoms with Crippen LogP contribution in [-0.2, 0) is 6.61 Å². The quantitative estimate of drug-likeness (QED) is 0.759. The molecule has 1 aromatic heterocycles. The summed E-state index contributed by atoms with van der Waals surface area (Å²) in [5.41, 5.74) is 2.03. The van der Waals surface area contributed by atoms with Crippen LogP contribution in [0.3, 0.4) is 0 Å². The highest BCUT2D eigenvalue weighted by atomic mass is 16.7. The molecule has 0 radical (unpaired) electrons. The van der Waals surface area contributed by atoms with E-state index in [1.54, 1.807) is 30.3 Å². The van der Waals surface area contributed by atoms with Crippen molar-refractivity contribution in [1.29, 1.82) is 5.26 Å². The van der Waals surface area contributed by atoms with Crippen molar-refractivity contribution < 1.29 is 9.63 Å². The van der Waals surface area contributed by atoms with Crippen LogP contribution in [0.5, 0.6) is 0 Å². The maximum Gasteiger partial charge on any atom is 0.295 e. The molecule has 0 saturated heterocycles. The molecule has 134 valence electrons. The van der Waals surface area contributed by atoms with Gasteiger partial charge >= 0.3 is 0 Å². The number of carbonyl (C=O) groups excluding carboxylic acids is 1. The number of carbonyl (C=O) groups is 1. The monoisotopic (exact) mass is 359 g/mol. The van der Waals surface area contributed by atoms with E-state index in [2.05, 4.69) is 5.32 Å². The van der Waals surface area contributed by atoms with E-state index in [4.69, 9.17) is 10.1 Å². The Balaban J connectivity index is 1.79. The van der Waals surface area contributed by atoms with Gasteiger partial charge in [0, 0.05) is 6.20 Å².